The largest absolute Gasteiger partial charge is 0.355 e. The van der Waals surface area contributed by atoms with Crippen molar-refractivity contribution in [3.8, 4) is 0 Å². The summed E-state index contributed by atoms with van der Waals surface area (Å²) in [4.78, 5) is 15.3. The molecule has 6 heteroatoms. The fourth-order valence-corrected chi connectivity index (χ4v) is 1.17. The third-order valence-electron chi connectivity index (χ3n) is 1.99. The van der Waals surface area contributed by atoms with Gasteiger partial charge >= 0.3 is 0 Å². The molecule has 0 radical (unpaired) electrons. The summed E-state index contributed by atoms with van der Waals surface area (Å²) in [6.45, 7) is 5.27. The zero-order valence-electron chi connectivity index (χ0n) is 9.75. The Balaban J connectivity index is 2.08. The predicted octanol–water partition coefficient (Wildman–Crippen LogP) is 0.384. The Morgan fingerprint density at radius 2 is 2.31 bits per heavy atom. The van der Waals surface area contributed by atoms with Gasteiger partial charge in [-0.05, 0) is 6.42 Å². The number of carbonyl (C=O) groups excluding carboxylic acids is 1. The van der Waals surface area contributed by atoms with Crippen molar-refractivity contribution >= 4 is 5.91 Å². The SMILES string of the molecule is CCCCNC(=O)CNCc1noc(C)n1. The zero-order valence-corrected chi connectivity index (χ0v) is 9.75. The van der Waals surface area contributed by atoms with E-state index in [0.29, 0.717) is 18.3 Å². The van der Waals surface area contributed by atoms with E-state index in [1.807, 2.05) is 0 Å². The van der Waals surface area contributed by atoms with E-state index in [-0.39, 0.29) is 12.5 Å². The van der Waals surface area contributed by atoms with Gasteiger partial charge in [-0.15, -0.1) is 0 Å². The molecular weight excluding hydrogens is 208 g/mol. The second kappa shape index (κ2) is 6.95. The first-order valence-corrected chi connectivity index (χ1v) is 5.49. The van der Waals surface area contributed by atoms with E-state index >= 15 is 0 Å². The highest BCUT2D eigenvalue weighted by Crippen LogP contribution is 1.93. The molecule has 0 aliphatic heterocycles. The van der Waals surface area contributed by atoms with Crippen LogP contribution in [0.15, 0.2) is 4.52 Å². The van der Waals surface area contributed by atoms with Crippen LogP contribution in [0.3, 0.4) is 0 Å². The minimum atomic E-state index is -0.00586. The van der Waals surface area contributed by atoms with Crippen molar-refractivity contribution in [1.29, 1.82) is 0 Å². The lowest BCUT2D eigenvalue weighted by atomic mass is 10.3. The standard InChI is InChI=1S/C10H18N4O2/c1-3-4-5-12-10(15)7-11-6-9-13-8(2)16-14-9/h11H,3-7H2,1-2H3,(H,12,15). The van der Waals surface area contributed by atoms with Gasteiger partial charge in [0.1, 0.15) is 0 Å². The summed E-state index contributed by atoms with van der Waals surface area (Å²) in [7, 11) is 0. The Morgan fingerprint density at radius 1 is 1.50 bits per heavy atom. The second-order valence-electron chi connectivity index (χ2n) is 3.54. The van der Waals surface area contributed by atoms with Gasteiger partial charge in [-0.25, -0.2) is 0 Å². The van der Waals surface area contributed by atoms with Crippen molar-refractivity contribution in [3.05, 3.63) is 11.7 Å². The number of aryl methyl sites for hydroxylation is 1. The van der Waals surface area contributed by atoms with Crippen LogP contribution in [0.1, 0.15) is 31.5 Å². The molecule has 0 aliphatic carbocycles. The first-order chi connectivity index (χ1) is 7.72. The number of hydrogen-bond acceptors (Lipinski definition) is 5. The molecule has 90 valence electrons. The third-order valence-corrected chi connectivity index (χ3v) is 1.99. The number of unbranched alkanes of at least 4 members (excludes halogenated alkanes) is 1. The van der Waals surface area contributed by atoms with E-state index in [1.54, 1.807) is 6.92 Å². The van der Waals surface area contributed by atoms with E-state index < -0.39 is 0 Å². The lowest BCUT2D eigenvalue weighted by Gasteiger charge is -2.04. The van der Waals surface area contributed by atoms with Crippen molar-refractivity contribution < 1.29 is 9.32 Å². The van der Waals surface area contributed by atoms with Gasteiger partial charge in [0, 0.05) is 13.5 Å². The molecule has 0 aromatic carbocycles. The molecule has 6 nitrogen and oxygen atoms in total. The van der Waals surface area contributed by atoms with Gasteiger partial charge in [0.05, 0.1) is 13.1 Å². The molecule has 0 bridgehead atoms. The van der Waals surface area contributed by atoms with E-state index in [0.717, 1.165) is 19.4 Å². The summed E-state index contributed by atoms with van der Waals surface area (Å²) in [6.07, 6.45) is 2.09. The number of hydrogen-bond donors (Lipinski definition) is 2. The first-order valence-electron chi connectivity index (χ1n) is 5.49. The van der Waals surface area contributed by atoms with Crippen LogP contribution in [0.5, 0.6) is 0 Å². The number of amides is 1. The molecule has 1 amide bonds. The second-order valence-corrected chi connectivity index (χ2v) is 3.54. The number of nitrogens with one attached hydrogen (secondary N) is 2. The van der Waals surface area contributed by atoms with Crippen LogP contribution in [-0.2, 0) is 11.3 Å². The number of rotatable bonds is 7. The van der Waals surface area contributed by atoms with Crippen LogP contribution < -0.4 is 10.6 Å². The van der Waals surface area contributed by atoms with E-state index in [4.69, 9.17) is 4.52 Å². The number of aromatic nitrogens is 2. The number of nitrogens with zero attached hydrogens (tertiary/aromatic N) is 2. The Hall–Kier alpha value is -1.43. The summed E-state index contributed by atoms with van der Waals surface area (Å²) in [5, 5.41) is 9.46. The molecule has 2 N–H and O–H groups in total. The van der Waals surface area contributed by atoms with Gasteiger partial charge < -0.3 is 15.2 Å². The lowest BCUT2D eigenvalue weighted by molar-refractivity contribution is -0.120. The molecule has 1 rings (SSSR count). The van der Waals surface area contributed by atoms with Gasteiger partial charge in [-0.1, -0.05) is 18.5 Å². The maximum atomic E-state index is 11.3. The van der Waals surface area contributed by atoms with Gasteiger partial charge in [0.2, 0.25) is 11.8 Å². The molecule has 0 unspecified atom stereocenters. The van der Waals surface area contributed by atoms with Crippen molar-refractivity contribution in [2.75, 3.05) is 13.1 Å². The Bertz CT molecular complexity index is 324. The average molecular weight is 226 g/mol. The summed E-state index contributed by atoms with van der Waals surface area (Å²) in [5.74, 6) is 1.09. The normalized spacial score (nSPS) is 10.4. The van der Waals surface area contributed by atoms with Crippen molar-refractivity contribution in [2.24, 2.45) is 0 Å². The van der Waals surface area contributed by atoms with Crippen LogP contribution >= 0.6 is 0 Å². The molecule has 0 saturated carbocycles. The van der Waals surface area contributed by atoms with Crippen molar-refractivity contribution in [2.45, 2.75) is 33.2 Å². The Labute approximate surface area is 94.8 Å². The number of carbonyl (C=O) groups is 1. The molecule has 1 heterocycles. The maximum Gasteiger partial charge on any atom is 0.233 e. The smallest absolute Gasteiger partial charge is 0.233 e. The average Bonchev–Trinajstić information content (AvgIpc) is 2.65. The van der Waals surface area contributed by atoms with Crippen LogP contribution in [-0.4, -0.2) is 29.1 Å². The van der Waals surface area contributed by atoms with Gasteiger partial charge in [0.15, 0.2) is 5.82 Å². The zero-order chi connectivity index (χ0) is 11.8. The Morgan fingerprint density at radius 3 is 2.94 bits per heavy atom. The molecule has 16 heavy (non-hydrogen) atoms. The van der Waals surface area contributed by atoms with Crippen LogP contribution in [0.2, 0.25) is 0 Å². The quantitative estimate of drug-likeness (QED) is 0.657. The van der Waals surface area contributed by atoms with Crippen LogP contribution in [0.4, 0.5) is 0 Å². The maximum absolute atomic E-state index is 11.3. The van der Waals surface area contributed by atoms with Crippen molar-refractivity contribution in [3.63, 3.8) is 0 Å². The van der Waals surface area contributed by atoms with Crippen LogP contribution in [0, 0.1) is 6.92 Å². The lowest BCUT2D eigenvalue weighted by Crippen LogP contribution is -2.34. The summed E-state index contributed by atoms with van der Waals surface area (Å²) in [6, 6.07) is 0. The van der Waals surface area contributed by atoms with E-state index in [9.17, 15) is 4.79 Å². The van der Waals surface area contributed by atoms with Gasteiger partial charge in [0.25, 0.3) is 0 Å². The Kier molecular flexibility index (Phi) is 5.49. The molecule has 0 atom stereocenters. The van der Waals surface area contributed by atoms with Gasteiger partial charge in [-0.2, -0.15) is 4.98 Å². The van der Waals surface area contributed by atoms with Gasteiger partial charge in [-0.3, -0.25) is 4.79 Å². The van der Waals surface area contributed by atoms with Crippen LogP contribution in [0.25, 0.3) is 0 Å². The summed E-state index contributed by atoms with van der Waals surface area (Å²) in [5.41, 5.74) is 0. The minimum absolute atomic E-state index is 0.00586. The highest BCUT2D eigenvalue weighted by atomic mass is 16.5. The molecule has 1 aromatic heterocycles. The fourth-order valence-electron chi connectivity index (χ4n) is 1.17. The van der Waals surface area contributed by atoms with E-state index in [1.165, 1.54) is 0 Å². The fraction of sp³-hybridized carbons (Fsp3) is 0.700. The molecule has 0 fully saturated rings. The highest BCUT2D eigenvalue weighted by Gasteiger charge is 2.03. The molecular formula is C10H18N4O2. The molecule has 1 aromatic rings. The topological polar surface area (TPSA) is 80.0 Å². The monoisotopic (exact) mass is 226 g/mol. The minimum Gasteiger partial charge on any atom is -0.355 e. The molecule has 0 aliphatic rings. The first kappa shape index (κ1) is 12.6. The summed E-state index contributed by atoms with van der Waals surface area (Å²) < 4.78 is 4.80. The van der Waals surface area contributed by atoms with E-state index in [2.05, 4.69) is 27.7 Å². The van der Waals surface area contributed by atoms with Crippen molar-refractivity contribution in [1.82, 2.24) is 20.8 Å². The molecule has 0 saturated heterocycles. The molecule has 0 spiro atoms. The summed E-state index contributed by atoms with van der Waals surface area (Å²) >= 11 is 0. The predicted molar refractivity (Wildman–Crippen MR) is 58.7 cm³/mol. The highest BCUT2D eigenvalue weighted by molar-refractivity contribution is 5.77. The third kappa shape index (κ3) is 4.88.